The van der Waals surface area contributed by atoms with Crippen LogP contribution in [0.25, 0.3) is 0 Å². The van der Waals surface area contributed by atoms with E-state index in [-0.39, 0.29) is 11.9 Å². The van der Waals surface area contributed by atoms with Gasteiger partial charge in [-0.2, -0.15) is 0 Å². The Morgan fingerprint density at radius 2 is 2.25 bits per heavy atom. The first kappa shape index (κ1) is 15.0. The van der Waals surface area contributed by atoms with Gasteiger partial charge in [-0.15, -0.1) is 23.1 Å². The highest BCUT2D eigenvalue weighted by atomic mass is 32.2. The summed E-state index contributed by atoms with van der Waals surface area (Å²) in [6.07, 6.45) is 0. The number of carbonyl (C=O) groups is 1. The number of aromatic nitrogens is 1. The Morgan fingerprint density at radius 3 is 2.90 bits per heavy atom. The molecule has 0 aliphatic carbocycles. The Morgan fingerprint density at radius 1 is 1.50 bits per heavy atom. The first-order valence-electron chi connectivity index (χ1n) is 6.36. The number of nitrogens with zero attached hydrogens (tertiary/aromatic N) is 1. The molecule has 1 amide bonds. The predicted octanol–water partition coefficient (Wildman–Crippen LogP) is 3.53. The lowest BCUT2D eigenvalue weighted by Crippen LogP contribution is -2.14. The zero-order chi connectivity index (χ0) is 14.5. The molecule has 2 rings (SSSR count). The largest absolute Gasteiger partial charge is 0.322 e. The number of benzene rings is 1. The summed E-state index contributed by atoms with van der Waals surface area (Å²) in [5.41, 5.74) is 6.99. The molecule has 0 spiro atoms. The van der Waals surface area contributed by atoms with Crippen LogP contribution in [0.1, 0.15) is 35.4 Å². The summed E-state index contributed by atoms with van der Waals surface area (Å²) in [4.78, 5) is 17.5. The molecule has 106 valence electrons. The molecule has 0 bridgehead atoms. The molecule has 1 aromatic carbocycles. The molecule has 0 radical (unpaired) electrons. The van der Waals surface area contributed by atoms with Gasteiger partial charge in [-0.3, -0.25) is 4.79 Å². The smallest absolute Gasteiger partial charge is 0.275 e. The Balaban J connectivity index is 2.14. The van der Waals surface area contributed by atoms with E-state index in [9.17, 15) is 4.79 Å². The van der Waals surface area contributed by atoms with E-state index < -0.39 is 0 Å². The van der Waals surface area contributed by atoms with Gasteiger partial charge >= 0.3 is 0 Å². The third kappa shape index (κ3) is 3.59. The van der Waals surface area contributed by atoms with Crippen LogP contribution in [-0.2, 0) is 0 Å². The number of rotatable bonds is 5. The number of hydrogen-bond acceptors (Lipinski definition) is 5. The van der Waals surface area contributed by atoms with Crippen LogP contribution in [0.4, 0.5) is 5.69 Å². The maximum atomic E-state index is 12.2. The van der Waals surface area contributed by atoms with Crippen LogP contribution < -0.4 is 11.1 Å². The first-order valence-corrected chi connectivity index (χ1v) is 8.22. The summed E-state index contributed by atoms with van der Waals surface area (Å²) in [5, 5.41) is 5.42. The number of amides is 1. The molecule has 6 heteroatoms. The molecule has 0 fully saturated rings. The highest BCUT2D eigenvalue weighted by Crippen LogP contribution is 2.27. The van der Waals surface area contributed by atoms with Crippen LogP contribution in [0, 0.1) is 0 Å². The quantitative estimate of drug-likeness (QED) is 0.829. The third-order valence-corrected chi connectivity index (χ3v) is 4.58. The fourth-order valence-corrected chi connectivity index (χ4v) is 3.16. The highest BCUT2D eigenvalue weighted by Gasteiger charge is 2.14. The fourth-order valence-electron chi connectivity index (χ4n) is 1.64. The van der Waals surface area contributed by atoms with E-state index in [4.69, 9.17) is 5.73 Å². The molecule has 1 atom stereocenters. The van der Waals surface area contributed by atoms with Crippen LogP contribution in [-0.4, -0.2) is 16.6 Å². The molecule has 0 saturated carbocycles. The Kier molecular flexibility index (Phi) is 5.17. The van der Waals surface area contributed by atoms with Crippen molar-refractivity contribution in [3.63, 3.8) is 0 Å². The second-order valence-corrected chi connectivity index (χ2v) is 6.44. The van der Waals surface area contributed by atoms with E-state index in [0.29, 0.717) is 5.69 Å². The molecule has 4 nitrogen and oxygen atoms in total. The van der Waals surface area contributed by atoms with Gasteiger partial charge in [0.1, 0.15) is 10.7 Å². The lowest BCUT2D eigenvalue weighted by atomic mass is 10.3. The van der Waals surface area contributed by atoms with E-state index in [2.05, 4.69) is 17.2 Å². The maximum Gasteiger partial charge on any atom is 0.275 e. The number of para-hydroxylation sites is 1. The van der Waals surface area contributed by atoms with Crippen molar-refractivity contribution in [3.8, 4) is 0 Å². The number of hydrogen-bond donors (Lipinski definition) is 2. The van der Waals surface area contributed by atoms with Gasteiger partial charge in [0.05, 0.1) is 11.7 Å². The summed E-state index contributed by atoms with van der Waals surface area (Å²) in [6, 6.07) is 7.62. The lowest BCUT2D eigenvalue weighted by molar-refractivity contribution is 0.102. The summed E-state index contributed by atoms with van der Waals surface area (Å²) < 4.78 is 0. The summed E-state index contributed by atoms with van der Waals surface area (Å²) in [6.45, 7) is 3.94. The number of carbonyl (C=O) groups excluding carboxylic acids is 1. The minimum Gasteiger partial charge on any atom is -0.322 e. The Labute approximate surface area is 126 Å². The SMILES string of the molecule is CCSc1ccccc1NC(=O)c1csc(C(C)N)n1. The van der Waals surface area contributed by atoms with Gasteiger partial charge in [-0.05, 0) is 24.8 Å². The molecular weight excluding hydrogens is 290 g/mol. The minimum atomic E-state index is -0.197. The molecule has 0 aliphatic rings. The molecule has 2 aromatic rings. The zero-order valence-corrected chi connectivity index (χ0v) is 13.1. The van der Waals surface area contributed by atoms with Crippen LogP contribution in [0.3, 0.4) is 0 Å². The van der Waals surface area contributed by atoms with Crippen LogP contribution in [0.15, 0.2) is 34.5 Å². The molecule has 1 aromatic heterocycles. The number of anilines is 1. The van der Waals surface area contributed by atoms with Gasteiger partial charge in [0, 0.05) is 10.3 Å². The number of thiazole rings is 1. The Hall–Kier alpha value is -1.37. The van der Waals surface area contributed by atoms with E-state index in [1.807, 2.05) is 31.2 Å². The summed E-state index contributed by atoms with van der Waals surface area (Å²) in [7, 11) is 0. The van der Waals surface area contributed by atoms with Gasteiger partial charge < -0.3 is 11.1 Å². The average molecular weight is 307 g/mol. The predicted molar refractivity (Wildman–Crippen MR) is 85.5 cm³/mol. The van der Waals surface area contributed by atoms with Gasteiger partial charge in [0.2, 0.25) is 0 Å². The highest BCUT2D eigenvalue weighted by molar-refractivity contribution is 7.99. The zero-order valence-electron chi connectivity index (χ0n) is 11.4. The average Bonchev–Trinajstić information content (AvgIpc) is 2.91. The monoisotopic (exact) mass is 307 g/mol. The van der Waals surface area contributed by atoms with Crippen molar-refractivity contribution in [2.75, 3.05) is 11.1 Å². The second-order valence-electron chi connectivity index (χ2n) is 4.24. The first-order chi connectivity index (χ1) is 9.61. The van der Waals surface area contributed by atoms with Crippen molar-refractivity contribution in [1.82, 2.24) is 4.98 Å². The van der Waals surface area contributed by atoms with Crippen LogP contribution in [0.2, 0.25) is 0 Å². The molecule has 0 aliphatic heterocycles. The van der Waals surface area contributed by atoms with Gasteiger partial charge in [0.15, 0.2) is 0 Å². The minimum absolute atomic E-state index is 0.149. The second kappa shape index (κ2) is 6.88. The van der Waals surface area contributed by atoms with E-state index >= 15 is 0 Å². The number of thioether (sulfide) groups is 1. The van der Waals surface area contributed by atoms with E-state index in [0.717, 1.165) is 21.3 Å². The summed E-state index contributed by atoms with van der Waals surface area (Å²) >= 11 is 3.11. The molecule has 1 heterocycles. The van der Waals surface area contributed by atoms with Crippen molar-refractivity contribution in [1.29, 1.82) is 0 Å². The standard InChI is InChI=1S/C14H17N3OS2/c1-3-19-12-7-5-4-6-10(12)16-13(18)11-8-20-14(17-11)9(2)15/h4-9H,3,15H2,1-2H3,(H,16,18). The molecule has 0 saturated heterocycles. The molecular formula is C14H17N3OS2. The van der Waals surface area contributed by atoms with Crippen molar-refractivity contribution >= 4 is 34.7 Å². The van der Waals surface area contributed by atoms with E-state index in [1.54, 1.807) is 17.1 Å². The topological polar surface area (TPSA) is 68.0 Å². The van der Waals surface area contributed by atoms with Gasteiger partial charge in [-0.25, -0.2) is 4.98 Å². The van der Waals surface area contributed by atoms with Crippen LogP contribution in [0.5, 0.6) is 0 Å². The maximum absolute atomic E-state index is 12.2. The van der Waals surface area contributed by atoms with Crippen molar-refractivity contribution in [2.24, 2.45) is 5.73 Å². The van der Waals surface area contributed by atoms with Gasteiger partial charge in [0.25, 0.3) is 5.91 Å². The van der Waals surface area contributed by atoms with Crippen molar-refractivity contribution in [3.05, 3.63) is 40.3 Å². The van der Waals surface area contributed by atoms with Crippen LogP contribution >= 0.6 is 23.1 Å². The van der Waals surface area contributed by atoms with Gasteiger partial charge in [-0.1, -0.05) is 19.1 Å². The number of nitrogens with one attached hydrogen (secondary N) is 1. The molecule has 20 heavy (non-hydrogen) atoms. The van der Waals surface area contributed by atoms with Crippen molar-refractivity contribution < 1.29 is 4.79 Å². The fraction of sp³-hybridized carbons (Fsp3) is 0.286. The Bertz CT molecular complexity index is 596. The van der Waals surface area contributed by atoms with E-state index in [1.165, 1.54) is 11.3 Å². The normalized spacial score (nSPS) is 12.2. The van der Waals surface area contributed by atoms with Crippen molar-refractivity contribution in [2.45, 2.75) is 24.8 Å². The molecule has 3 N–H and O–H groups in total. The third-order valence-electron chi connectivity index (χ3n) is 2.58. The number of nitrogens with two attached hydrogens (primary N) is 1. The molecule has 1 unspecified atom stereocenters. The lowest BCUT2D eigenvalue weighted by Gasteiger charge is -2.08. The summed E-state index contributed by atoms with van der Waals surface area (Å²) in [5.74, 6) is 0.760.